The van der Waals surface area contributed by atoms with Crippen molar-refractivity contribution in [3.63, 3.8) is 0 Å². The minimum atomic E-state index is -0.407. The van der Waals surface area contributed by atoms with Gasteiger partial charge in [0.25, 0.3) is 0 Å². The Kier molecular flexibility index (Phi) is 2.90. The van der Waals surface area contributed by atoms with Crippen LogP contribution in [0.25, 0.3) is 0 Å². The van der Waals surface area contributed by atoms with E-state index in [2.05, 4.69) is 0 Å². The molecule has 2 heterocycles. The number of nitrogens with zero attached hydrogens (tertiary/aromatic N) is 2. The fraction of sp³-hybridized carbons (Fsp3) is 0.800. The zero-order valence-corrected chi connectivity index (χ0v) is 8.82. The summed E-state index contributed by atoms with van der Waals surface area (Å²) in [5.74, 6) is -0.341. The molecule has 0 bridgehead atoms. The predicted molar refractivity (Wildman–Crippen MR) is 54.5 cm³/mol. The molecular formula is C10H17N3O2. The first-order valence-corrected chi connectivity index (χ1v) is 5.56. The van der Waals surface area contributed by atoms with Crippen LogP contribution in [0.4, 0.5) is 0 Å². The number of rotatable bonds is 2. The number of amides is 2. The Hall–Kier alpha value is -1.10. The molecule has 1 atom stereocenters. The molecule has 2 aliphatic heterocycles. The summed E-state index contributed by atoms with van der Waals surface area (Å²) in [6.45, 7) is 1.74. The van der Waals surface area contributed by atoms with E-state index < -0.39 is 6.04 Å². The van der Waals surface area contributed by atoms with Crippen molar-refractivity contribution in [3.8, 4) is 0 Å². The Balaban J connectivity index is 2.09. The Morgan fingerprint density at radius 1 is 1.27 bits per heavy atom. The summed E-state index contributed by atoms with van der Waals surface area (Å²) in [6, 6.07) is -0.407. The van der Waals surface area contributed by atoms with Crippen molar-refractivity contribution in [2.75, 3.05) is 13.1 Å². The predicted octanol–water partition coefficient (Wildman–Crippen LogP) is -0.136. The number of piperidine rings is 1. The average molecular weight is 211 g/mol. The minimum Gasteiger partial charge on any atom is -0.368 e. The van der Waals surface area contributed by atoms with E-state index >= 15 is 0 Å². The lowest BCUT2D eigenvalue weighted by Gasteiger charge is -2.37. The number of primary amides is 1. The van der Waals surface area contributed by atoms with Gasteiger partial charge in [0.15, 0.2) is 0 Å². The molecule has 2 aliphatic rings. The van der Waals surface area contributed by atoms with Gasteiger partial charge in [-0.2, -0.15) is 0 Å². The maximum atomic E-state index is 11.7. The van der Waals surface area contributed by atoms with Crippen LogP contribution < -0.4 is 5.73 Å². The highest BCUT2D eigenvalue weighted by molar-refractivity contribution is 5.89. The summed E-state index contributed by atoms with van der Waals surface area (Å²) < 4.78 is 0. The molecule has 2 rings (SSSR count). The van der Waals surface area contributed by atoms with E-state index in [1.807, 2.05) is 5.01 Å². The number of carbonyl (C=O) groups excluding carboxylic acids is 2. The molecule has 0 aromatic heterocycles. The second-order valence-electron chi connectivity index (χ2n) is 4.21. The molecule has 0 spiro atoms. The molecule has 5 heteroatoms. The molecule has 2 saturated heterocycles. The smallest absolute Gasteiger partial charge is 0.241 e. The van der Waals surface area contributed by atoms with Crippen molar-refractivity contribution in [3.05, 3.63) is 0 Å². The van der Waals surface area contributed by atoms with Crippen LogP contribution in [0, 0.1) is 0 Å². The molecule has 0 radical (unpaired) electrons. The number of nitrogens with two attached hydrogens (primary N) is 1. The SMILES string of the molecule is NC(=O)C1CCC(=O)N1N1CCCCC1. The molecule has 2 amide bonds. The van der Waals surface area contributed by atoms with Crippen LogP contribution in [0.2, 0.25) is 0 Å². The third-order valence-electron chi connectivity index (χ3n) is 3.15. The summed E-state index contributed by atoms with van der Waals surface area (Å²) in [5, 5.41) is 3.59. The molecule has 2 N–H and O–H groups in total. The quantitative estimate of drug-likeness (QED) is 0.691. The van der Waals surface area contributed by atoms with Gasteiger partial charge in [-0.15, -0.1) is 0 Å². The molecule has 0 aliphatic carbocycles. The molecular weight excluding hydrogens is 194 g/mol. The number of carbonyl (C=O) groups is 2. The van der Waals surface area contributed by atoms with E-state index in [-0.39, 0.29) is 11.8 Å². The maximum Gasteiger partial charge on any atom is 0.241 e. The van der Waals surface area contributed by atoms with Crippen LogP contribution >= 0.6 is 0 Å². The third kappa shape index (κ3) is 1.97. The van der Waals surface area contributed by atoms with E-state index in [1.165, 1.54) is 6.42 Å². The van der Waals surface area contributed by atoms with Crippen LogP contribution in [-0.4, -0.2) is 41.0 Å². The highest BCUT2D eigenvalue weighted by atomic mass is 16.2. The van der Waals surface area contributed by atoms with Crippen molar-refractivity contribution in [1.29, 1.82) is 0 Å². The van der Waals surface area contributed by atoms with Crippen molar-refractivity contribution in [1.82, 2.24) is 10.0 Å². The van der Waals surface area contributed by atoms with Gasteiger partial charge in [-0.05, 0) is 19.3 Å². The van der Waals surface area contributed by atoms with Crippen LogP contribution in [0.1, 0.15) is 32.1 Å². The largest absolute Gasteiger partial charge is 0.368 e. The van der Waals surface area contributed by atoms with Gasteiger partial charge >= 0.3 is 0 Å². The van der Waals surface area contributed by atoms with Gasteiger partial charge in [-0.3, -0.25) is 14.6 Å². The molecule has 0 aromatic carbocycles. The fourth-order valence-electron chi connectivity index (χ4n) is 2.38. The standard InChI is InChI=1S/C10H17N3O2/c11-10(15)8-4-5-9(14)13(8)12-6-2-1-3-7-12/h8H,1-7H2,(H2,11,15). The molecule has 1 unspecified atom stereocenters. The van der Waals surface area contributed by atoms with E-state index in [9.17, 15) is 9.59 Å². The van der Waals surface area contributed by atoms with Crippen molar-refractivity contribution in [2.45, 2.75) is 38.1 Å². The lowest BCUT2D eigenvalue weighted by molar-refractivity contribution is -0.154. The Morgan fingerprint density at radius 3 is 2.53 bits per heavy atom. The second-order valence-corrected chi connectivity index (χ2v) is 4.21. The Bertz CT molecular complexity index is 274. The van der Waals surface area contributed by atoms with Crippen LogP contribution in [-0.2, 0) is 9.59 Å². The van der Waals surface area contributed by atoms with Gasteiger partial charge in [0.2, 0.25) is 11.8 Å². The number of hydrogen-bond acceptors (Lipinski definition) is 3. The molecule has 2 fully saturated rings. The lowest BCUT2D eigenvalue weighted by atomic mass is 10.1. The monoisotopic (exact) mass is 211 g/mol. The highest BCUT2D eigenvalue weighted by Gasteiger charge is 2.38. The van der Waals surface area contributed by atoms with Gasteiger partial charge in [0.1, 0.15) is 6.04 Å². The van der Waals surface area contributed by atoms with Gasteiger partial charge in [0, 0.05) is 19.5 Å². The van der Waals surface area contributed by atoms with Crippen molar-refractivity contribution < 1.29 is 9.59 Å². The van der Waals surface area contributed by atoms with Gasteiger partial charge in [-0.1, -0.05) is 6.42 Å². The lowest BCUT2D eigenvalue weighted by Crippen LogP contribution is -2.53. The minimum absolute atomic E-state index is 0.0423. The van der Waals surface area contributed by atoms with Crippen molar-refractivity contribution >= 4 is 11.8 Å². The first kappa shape index (κ1) is 10.4. The van der Waals surface area contributed by atoms with Crippen molar-refractivity contribution in [2.24, 2.45) is 5.73 Å². The Morgan fingerprint density at radius 2 is 1.93 bits per heavy atom. The van der Waals surface area contributed by atoms with Crippen LogP contribution in [0.3, 0.4) is 0 Å². The molecule has 15 heavy (non-hydrogen) atoms. The van der Waals surface area contributed by atoms with E-state index in [4.69, 9.17) is 5.73 Å². The summed E-state index contributed by atoms with van der Waals surface area (Å²) in [5.41, 5.74) is 5.30. The topological polar surface area (TPSA) is 66.6 Å². The zero-order valence-electron chi connectivity index (χ0n) is 8.82. The van der Waals surface area contributed by atoms with Crippen LogP contribution in [0.5, 0.6) is 0 Å². The second kappa shape index (κ2) is 4.18. The molecule has 5 nitrogen and oxygen atoms in total. The maximum absolute atomic E-state index is 11.7. The zero-order chi connectivity index (χ0) is 10.8. The molecule has 84 valence electrons. The Labute approximate surface area is 89.2 Å². The van der Waals surface area contributed by atoms with Gasteiger partial charge in [0.05, 0.1) is 0 Å². The first-order chi connectivity index (χ1) is 7.20. The fourth-order valence-corrected chi connectivity index (χ4v) is 2.38. The van der Waals surface area contributed by atoms with E-state index in [0.29, 0.717) is 12.8 Å². The number of hydrazine groups is 1. The third-order valence-corrected chi connectivity index (χ3v) is 3.15. The average Bonchev–Trinajstić information content (AvgIpc) is 2.61. The highest BCUT2D eigenvalue weighted by Crippen LogP contribution is 2.23. The first-order valence-electron chi connectivity index (χ1n) is 5.56. The molecule has 0 saturated carbocycles. The van der Waals surface area contributed by atoms with Crippen LogP contribution in [0.15, 0.2) is 0 Å². The van der Waals surface area contributed by atoms with E-state index in [1.54, 1.807) is 5.01 Å². The van der Waals surface area contributed by atoms with E-state index in [0.717, 1.165) is 25.9 Å². The molecule has 0 aromatic rings. The van der Waals surface area contributed by atoms with Gasteiger partial charge in [-0.25, -0.2) is 5.01 Å². The summed E-state index contributed by atoms with van der Waals surface area (Å²) >= 11 is 0. The number of hydrogen-bond donors (Lipinski definition) is 1. The summed E-state index contributed by atoms with van der Waals surface area (Å²) in [7, 11) is 0. The van der Waals surface area contributed by atoms with Gasteiger partial charge < -0.3 is 5.73 Å². The normalized spacial score (nSPS) is 28.4. The summed E-state index contributed by atoms with van der Waals surface area (Å²) in [4.78, 5) is 22.9. The summed E-state index contributed by atoms with van der Waals surface area (Å²) in [6.07, 6.45) is 4.42.